The molecule has 1 saturated heterocycles. The van der Waals surface area contributed by atoms with Gasteiger partial charge in [0.05, 0.1) is 36.7 Å². The monoisotopic (exact) mass is 276 g/mol. The summed E-state index contributed by atoms with van der Waals surface area (Å²) in [5.74, 6) is -1.45. The molecule has 3 heterocycles. The predicted molar refractivity (Wildman–Crippen MR) is 66.3 cm³/mol. The molecule has 104 valence electrons. The molecular weight excluding hydrogens is 264 g/mol. The molecule has 1 aliphatic heterocycles. The SMILES string of the molecule is O=C(O)C1COCCN1C(=O)c1cnn2ccncc12. The van der Waals surface area contributed by atoms with Crippen LogP contribution in [0.2, 0.25) is 0 Å². The number of hydrogen-bond acceptors (Lipinski definition) is 5. The Morgan fingerprint density at radius 2 is 2.25 bits per heavy atom. The van der Waals surface area contributed by atoms with E-state index in [1.807, 2.05) is 0 Å². The van der Waals surface area contributed by atoms with Crippen LogP contribution in [0, 0.1) is 0 Å². The van der Waals surface area contributed by atoms with Crippen LogP contribution in [0.5, 0.6) is 0 Å². The standard InChI is InChI=1S/C12H12N4O4/c17-11(15-3-4-20-7-10(15)12(18)19)8-5-14-16-2-1-13-6-9(8)16/h1-2,5-6,10H,3-4,7H2,(H,18,19). The number of carboxylic acids is 1. The summed E-state index contributed by atoms with van der Waals surface area (Å²) < 4.78 is 6.64. The number of carbonyl (C=O) groups is 2. The highest BCUT2D eigenvalue weighted by Gasteiger charge is 2.34. The van der Waals surface area contributed by atoms with E-state index in [-0.39, 0.29) is 19.1 Å². The van der Waals surface area contributed by atoms with Crippen molar-refractivity contribution in [1.82, 2.24) is 19.5 Å². The van der Waals surface area contributed by atoms with Crippen LogP contribution in [0.4, 0.5) is 0 Å². The van der Waals surface area contributed by atoms with Crippen LogP contribution in [0.15, 0.2) is 24.8 Å². The molecule has 1 aliphatic rings. The fourth-order valence-electron chi connectivity index (χ4n) is 2.21. The summed E-state index contributed by atoms with van der Waals surface area (Å²) >= 11 is 0. The molecule has 2 aromatic heterocycles. The van der Waals surface area contributed by atoms with Gasteiger partial charge in [-0.1, -0.05) is 0 Å². The molecule has 0 spiro atoms. The van der Waals surface area contributed by atoms with E-state index in [0.717, 1.165) is 0 Å². The fourth-order valence-corrected chi connectivity index (χ4v) is 2.21. The maximum atomic E-state index is 12.5. The average molecular weight is 276 g/mol. The Hall–Kier alpha value is -2.48. The van der Waals surface area contributed by atoms with E-state index in [0.29, 0.717) is 17.7 Å². The number of fused-ring (bicyclic) bond motifs is 1. The van der Waals surface area contributed by atoms with Crippen LogP contribution < -0.4 is 0 Å². The summed E-state index contributed by atoms with van der Waals surface area (Å²) in [6.45, 7) is 0.568. The summed E-state index contributed by atoms with van der Waals surface area (Å²) in [4.78, 5) is 29.0. The summed E-state index contributed by atoms with van der Waals surface area (Å²) in [6, 6.07) is -0.970. The Labute approximate surface area is 113 Å². The van der Waals surface area contributed by atoms with Crippen molar-refractivity contribution in [3.63, 3.8) is 0 Å². The number of carboxylic acid groups (broad SMARTS) is 1. The van der Waals surface area contributed by atoms with Gasteiger partial charge < -0.3 is 14.7 Å². The first-order chi connectivity index (χ1) is 9.68. The number of aromatic nitrogens is 3. The third kappa shape index (κ3) is 1.99. The number of ether oxygens (including phenoxy) is 1. The molecule has 1 amide bonds. The molecule has 8 nitrogen and oxygen atoms in total. The van der Waals surface area contributed by atoms with Crippen LogP contribution in [0.1, 0.15) is 10.4 Å². The van der Waals surface area contributed by atoms with Gasteiger partial charge in [-0.3, -0.25) is 9.78 Å². The molecule has 0 bridgehead atoms. The van der Waals surface area contributed by atoms with Crippen molar-refractivity contribution in [2.45, 2.75) is 6.04 Å². The predicted octanol–water partition coefficient (Wildman–Crippen LogP) is -0.345. The van der Waals surface area contributed by atoms with Crippen molar-refractivity contribution in [3.05, 3.63) is 30.4 Å². The minimum absolute atomic E-state index is 0.00145. The van der Waals surface area contributed by atoms with Crippen LogP contribution in [-0.4, -0.2) is 62.3 Å². The highest BCUT2D eigenvalue weighted by atomic mass is 16.5. The molecule has 1 N–H and O–H groups in total. The first-order valence-corrected chi connectivity index (χ1v) is 6.07. The van der Waals surface area contributed by atoms with E-state index in [2.05, 4.69) is 10.1 Å². The third-order valence-corrected chi connectivity index (χ3v) is 3.23. The lowest BCUT2D eigenvalue weighted by Gasteiger charge is -2.32. The van der Waals surface area contributed by atoms with Crippen LogP contribution in [0.3, 0.4) is 0 Å². The molecule has 0 aromatic carbocycles. The zero-order valence-corrected chi connectivity index (χ0v) is 10.5. The number of aliphatic carboxylic acids is 1. The smallest absolute Gasteiger partial charge is 0.328 e. The quantitative estimate of drug-likeness (QED) is 0.805. The lowest BCUT2D eigenvalue weighted by Crippen LogP contribution is -2.52. The molecule has 8 heteroatoms. The fraction of sp³-hybridized carbons (Fsp3) is 0.333. The second-order valence-electron chi connectivity index (χ2n) is 4.39. The average Bonchev–Trinajstić information content (AvgIpc) is 2.90. The van der Waals surface area contributed by atoms with Crippen LogP contribution in [-0.2, 0) is 9.53 Å². The maximum Gasteiger partial charge on any atom is 0.328 e. The van der Waals surface area contributed by atoms with Gasteiger partial charge in [0.15, 0.2) is 6.04 Å². The van der Waals surface area contributed by atoms with Crippen molar-refractivity contribution >= 4 is 17.4 Å². The van der Waals surface area contributed by atoms with Crippen LogP contribution in [0.25, 0.3) is 5.52 Å². The summed E-state index contributed by atoms with van der Waals surface area (Å²) in [5, 5.41) is 13.2. The van der Waals surface area contributed by atoms with Gasteiger partial charge in [0, 0.05) is 18.9 Å². The maximum absolute atomic E-state index is 12.5. The van der Waals surface area contributed by atoms with Crippen molar-refractivity contribution in [2.24, 2.45) is 0 Å². The second kappa shape index (κ2) is 4.89. The summed E-state index contributed by atoms with van der Waals surface area (Å²) in [5.41, 5.74) is 0.888. The van der Waals surface area contributed by atoms with Crippen molar-refractivity contribution in [3.8, 4) is 0 Å². The van der Waals surface area contributed by atoms with Crippen molar-refractivity contribution in [1.29, 1.82) is 0 Å². The molecule has 2 aromatic rings. The van der Waals surface area contributed by atoms with Crippen molar-refractivity contribution in [2.75, 3.05) is 19.8 Å². The molecule has 20 heavy (non-hydrogen) atoms. The van der Waals surface area contributed by atoms with E-state index < -0.39 is 12.0 Å². The van der Waals surface area contributed by atoms with E-state index >= 15 is 0 Å². The zero-order valence-electron chi connectivity index (χ0n) is 10.5. The lowest BCUT2D eigenvalue weighted by atomic mass is 10.1. The van der Waals surface area contributed by atoms with Gasteiger partial charge in [0.1, 0.15) is 0 Å². The Kier molecular flexibility index (Phi) is 3.07. The Bertz CT molecular complexity index is 668. The van der Waals surface area contributed by atoms with E-state index in [4.69, 9.17) is 9.84 Å². The lowest BCUT2D eigenvalue weighted by molar-refractivity contribution is -0.147. The summed E-state index contributed by atoms with van der Waals surface area (Å²) in [6.07, 6.45) is 6.13. The van der Waals surface area contributed by atoms with E-state index in [9.17, 15) is 9.59 Å². The van der Waals surface area contributed by atoms with Crippen molar-refractivity contribution < 1.29 is 19.4 Å². The third-order valence-electron chi connectivity index (χ3n) is 3.23. The molecule has 1 unspecified atom stereocenters. The topological polar surface area (TPSA) is 97.0 Å². The Morgan fingerprint density at radius 3 is 3.05 bits per heavy atom. The minimum atomic E-state index is -1.08. The van der Waals surface area contributed by atoms with E-state index in [1.54, 1.807) is 12.4 Å². The van der Waals surface area contributed by atoms with E-state index in [1.165, 1.54) is 21.8 Å². The van der Waals surface area contributed by atoms with Gasteiger partial charge in [0.25, 0.3) is 5.91 Å². The normalized spacial score (nSPS) is 19.2. The number of carbonyl (C=O) groups excluding carboxylic acids is 1. The largest absolute Gasteiger partial charge is 0.480 e. The van der Waals surface area contributed by atoms with Gasteiger partial charge in [-0.2, -0.15) is 5.10 Å². The number of nitrogens with zero attached hydrogens (tertiary/aromatic N) is 4. The molecule has 0 radical (unpaired) electrons. The number of rotatable bonds is 2. The first kappa shape index (κ1) is 12.5. The highest BCUT2D eigenvalue weighted by Crippen LogP contribution is 2.16. The molecular formula is C12H12N4O4. The summed E-state index contributed by atoms with van der Waals surface area (Å²) in [7, 11) is 0. The van der Waals surface area contributed by atoms with Crippen LogP contribution >= 0.6 is 0 Å². The molecule has 1 atom stereocenters. The molecule has 1 fully saturated rings. The Balaban J connectivity index is 1.96. The molecule has 3 rings (SSSR count). The number of morpholine rings is 1. The second-order valence-corrected chi connectivity index (χ2v) is 4.39. The first-order valence-electron chi connectivity index (χ1n) is 6.07. The number of hydrogen-bond donors (Lipinski definition) is 1. The van der Waals surface area contributed by atoms with Gasteiger partial charge in [0.2, 0.25) is 0 Å². The number of amides is 1. The Morgan fingerprint density at radius 1 is 1.40 bits per heavy atom. The zero-order chi connectivity index (χ0) is 14.1. The van der Waals surface area contributed by atoms with Gasteiger partial charge >= 0.3 is 5.97 Å². The van der Waals surface area contributed by atoms with Gasteiger partial charge in [-0.15, -0.1) is 0 Å². The molecule has 0 aliphatic carbocycles. The highest BCUT2D eigenvalue weighted by molar-refractivity contribution is 6.02. The van der Waals surface area contributed by atoms with Gasteiger partial charge in [-0.05, 0) is 0 Å². The van der Waals surface area contributed by atoms with Gasteiger partial charge in [-0.25, -0.2) is 9.31 Å². The molecule has 0 saturated carbocycles. The minimum Gasteiger partial charge on any atom is -0.480 e.